The Bertz CT molecular complexity index is 770. The van der Waals surface area contributed by atoms with E-state index in [4.69, 9.17) is 0 Å². The molecule has 2 aliphatic rings. The molecule has 0 amide bonds. The second-order valence-corrected chi connectivity index (χ2v) is 6.83. The van der Waals surface area contributed by atoms with Crippen molar-refractivity contribution in [1.82, 2.24) is 4.90 Å². The minimum Gasteiger partial charge on any atom is -0.299 e. The van der Waals surface area contributed by atoms with E-state index in [2.05, 4.69) is 23.1 Å². The van der Waals surface area contributed by atoms with Crippen LogP contribution in [0.2, 0.25) is 0 Å². The zero-order chi connectivity index (χ0) is 16.4. The largest absolute Gasteiger partial charge is 0.299 e. The van der Waals surface area contributed by atoms with Crippen molar-refractivity contribution in [3.63, 3.8) is 0 Å². The van der Waals surface area contributed by atoms with Crippen molar-refractivity contribution in [3.05, 3.63) is 76.9 Å². The highest BCUT2D eigenvalue weighted by atomic mass is 16.1. The highest BCUT2D eigenvalue weighted by Crippen LogP contribution is 2.35. The molecule has 0 unspecified atom stereocenters. The van der Waals surface area contributed by atoms with Gasteiger partial charge in [0, 0.05) is 24.1 Å². The lowest BCUT2D eigenvalue weighted by Crippen LogP contribution is -2.31. The van der Waals surface area contributed by atoms with Crippen molar-refractivity contribution in [2.75, 3.05) is 19.6 Å². The second-order valence-electron chi connectivity index (χ2n) is 6.83. The molecule has 122 valence electrons. The molecule has 24 heavy (non-hydrogen) atoms. The van der Waals surface area contributed by atoms with Crippen LogP contribution in [0.25, 0.3) is 5.57 Å². The smallest absolute Gasteiger partial charge is 0.190 e. The average Bonchev–Trinajstić information content (AvgIpc) is 2.90. The van der Waals surface area contributed by atoms with Crippen LogP contribution in [0, 0.1) is 0 Å². The molecule has 1 aliphatic carbocycles. The maximum absolute atomic E-state index is 13.0. The van der Waals surface area contributed by atoms with Crippen molar-refractivity contribution in [3.8, 4) is 0 Å². The fourth-order valence-electron chi connectivity index (χ4n) is 3.92. The normalized spacial score (nSPS) is 18.1. The van der Waals surface area contributed by atoms with Crippen molar-refractivity contribution >= 4 is 11.4 Å². The number of allylic oxidation sites excluding steroid dienone is 1. The van der Waals surface area contributed by atoms with Crippen LogP contribution in [-0.4, -0.2) is 30.3 Å². The summed E-state index contributed by atoms with van der Waals surface area (Å²) in [5.74, 6) is 0.224. The maximum atomic E-state index is 13.0. The van der Waals surface area contributed by atoms with Gasteiger partial charge in [-0.1, -0.05) is 61.0 Å². The molecular formula is C22H23NO. The number of benzene rings is 2. The van der Waals surface area contributed by atoms with Gasteiger partial charge in [-0.05, 0) is 42.6 Å². The molecule has 2 heteroatoms. The van der Waals surface area contributed by atoms with Crippen LogP contribution in [0.3, 0.4) is 0 Å². The number of nitrogens with zero attached hydrogens (tertiary/aromatic N) is 1. The monoisotopic (exact) mass is 317 g/mol. The molecule has 1 fully saturated rings. The number of carbonyl (C=O) groups excluding carboxylic acids is 1. The van der Waals surface area contributed by atoms with E-state index in [9.17, 15) is 4.79 Å². The second kappa shape index (κ2) is 6.74. The number of rotatable bonds is 4. The Kier molecular flexibility index (Phi) is 4.31. The van der Waals surface area contributed by atoms with Gasteiger partial charge in [0.1, 0.15) is 0 Å². The zero-order valence-corrected chi connectivity index (χ0v) is 14.0. The van der Waals surface area contributed by atoms with Crippen LogP contribution >= 0.6 is 0 Å². The summed E-state index contributed by atoms with van der Waals surface area (Å²) in [6.45, 7) is 3.21. The first-order chi connectivity index (χ1) is 11.8. The molecule has 0 bridgehead atoms. The molecule has 0 saturated carbocycles. The molecule has 2 nitrogen and oxygen atoms in total. The number of carbonyl (C=O) groups is 1. The first-order valence-electron chi connectivity index (χ1n) is 8.95. The van der Waals surface area contributed by atoms with Gasteiger partial charge < -0.3 is 0 Å². The molecule has 0 aromatic heterocycles. The first kappa shape index (κ1) is 15.3. The first-order valence-corrected chi connectivity index (χ1v) is 8.95. The molecule has 2 aromatic carbocycles. The summed E-state index contributed by atoms with van der Waals surface area (Å²) in [7, 11) is 0. The molecule has 0 spiro atoms. The summed E-state index contributed by atoms with van der Waals surface area (Å²) >= 11 is 0. The van der Waals surface area contributed by atoms with Crippen LogP contribution in [0.5, 0.6) is 0 Å². The van der Waals surface area contributed by atoms with Crippen molar-refractivity contribution < 1.29 is 4.79 Å². The highest BCUT2D eigenvalue weighted by molar-refractivity contribution is 6.21. The molecule has 1 aliphatic heterocycles. The van der Waals surface area contributed by atoms with Gasteiger partial charge >= 0.3 is 0 Å². The fraction of sp³-hybridized carbons (Fsp3) is 0.318. The topological polar surface area (TPSA) is 20.3 Å². The van der Waals surface area contributed by atoms with Crippen molar-refractivity contribution in [2.45, 2.75) is 25.7 Å². The van der Waals surface area contributed by atoms with E-state index in [1.54, 1.807) is 0 Å². The highest BCUT2D eigenvalue weighted by Gasteiger charge is 2.30. The molecule has 2 aromatic rings. The van der Waals surface area contributed by atoms with Gasteiger partial charge in [0.2, 0.25) is 0 Å². The van der Waals surface area contributed by atoms with Gasteiger partial charge in [0.25, 0.3) is 0 Å². The van der Waals surface area contributed by atoms with Gasteiger partial charge in [0.15, 0.2) is 5.78 Å². The van der Waals surface area contributed by atoms with Crippen LogP contribution in [-0.2, 0) is 6.42 Å². The summed E-state index contributed by atoms with van der Waals surface area (Å²) < 4.78 is 0. The van der Waals surface area contributed by atoms with E-state index in [0.29, 0.717) is 0 Å². The van der Waals surface area contributed by atoms with Crippen LogP contribution in [0.1, 0.15) is 40.7 Å². The van der Waals surface area contributed by atoms with Crippen LogP contribution in [0.4, 0.5) is 0 Å². The number of ketones is 1. The lowest BCUT2D eigenvalue weighted by molar-refractivity contribution is 0.103. The molecule has 0 N–H and O–H groups in total. The third-order valence-corrected chi connectivity index (χ3v) is 5.19. The number of hydrogen-bond acceptors (Lipinski definition) is 2. The quantitative estimate of drug-likeness (QED) is 0.835. The molecular weight excluding hydrogens is 294 g/mol. The number of likely N-dealkylation sites (tertiary alicyclic amines) is 1. The Morgan fingerprint density at radius 3 is 2.17 bits per heavy atom. The molecule has 1 heterocycles. The lowest BCUT2D eigenvalue weighted by Gasteiger charge is -2.27. The predicted molar refractivity (Wildman–Crippen MR) is 98.1 cm³/mol. The van der Waals surface area contributed by atoms with E-state index >= 15 is 0 Å². The number of fused-ring (bicyclic) bond motifs is 1. The zero-order valence-electron chi connectivity index (χ0n) is 14.0. The SMILES string of the molecule is O=C1C(Cc2ccccc2)=C(CN2CCCCC2)c2ccccc21. The summed E-state index contributed by atoms with van der Waals surface area (Å²) in [6, 6.07) is 18.5. The Labute approximate surface area is 143 Å². The maximum Gasteiger partial charge on any atom is 0.190 e. The summed E-state index contributed by atoms with van der Waals surface area (Å²) in [5, 5.41) is 0. The number of Topliss-reactive ketones (excluding diaryl/α,β-unsaturated/α-hetero) is 1. The van der Waals surface area contributed by atoms with E-state index in [1.807, 2.05) is 36.4 Å². The number of piperidine rings is 1. The molecule has 1 saturated heterocycles. The van der Waals surface area contributed by atoms with E-state index in [0.717, 1.165) is 42.8 Å². The predicted octanol–water partition coefficient (Wildman–Crippen LogP) is 4.37. The van der Waals surface area contributed by atoms with Crippen molar-refractivity contribution in [1.29, 1.82) is 0 Å². The van der Waals surface area contributed by atoms with E-state index in [1.165, 1.54) is 30.4 Å². The Hall–Kier alpha value is -2.19. The lowest BCUT2D eigenvalue weighted by atomic mass is 9.99. The van der Waals surface area contributed by atoms with Gasteiger partial charge in [-0.2, -0.15) is 0 Å². The van der Waals surface area contributed by atoms with E-state index < -0.39 is 0 Å². The van der Waals surface area contributed by atoms with Crippen molar-refractivity contribution in [2.24, 2.45) is 0 Å². The van der Waals surface area contributed by atoms with Gasteiger partial charge in [-0.25, -0.2) is 0 Å². The van der Waals surface area contributed by atoms with Gasteiger partial charge in [0.05, 0.1) is 0 Å². The van der Waals surface area contributed by atoms with Gasteiger partial charge in [-0.15, -0.1) is 0 Å². The third-order valence-electron chi connectivity index (χ3n) is 5.19. The standard InChI is InChI=1S/C22H23NO/c24-22-19-12-6-5-11-18(19)21(16-23-13-7-2-8-14-23)20(22)15-17-9-3-1-4-10-17/h1,3-6,9-12H,2,7-8,13-16H2. The Balaban J connectivity index is 1.70. The third kappa shape index (κ3) is 2.94. The number of hydrogen-bond donors (Lipinski definition) is 0. The Morgan fingerprint density at radius 1 is 0.750 bits per heavy atom. The summed E-state index contributed by atoms with van der Waals surface area (Å²) in [4.78, 5) is 15.5. The Morgan fingerprint density at radius 2 is 1.42 bits per heavy atom. The average molecular weight is 317 g/mol. The molecule has 0 atom stereocenters. The molecule has 0 radical (unpaired) electrons. The van der Waals surface area contributed by atoms with E-state index in [-0.39, 0.29) is 5.78 Å². The van der Waals surface area contributed by atoms with Crippen LogP contribution < -0.4 is 0 Å². The fourth-order valence-corrected chi connectivity index (χ4v) is 3.92. The minimum atomic E-state index is 0.224. The molecule has 4 rings (SSSR count). The summed E-state index contributed by atoms with van der Waals surface area (Å²) in [6.07, 6.45) is 4.62. The van der Waals surface area contributed by atoms with Crippen LogP contribution in [0.15, 0.2) is 60.2 Å². The summed E-state index contributed by atoms with van der Waals surface area (Å²) in [5.41, 5.74) is 5.49. The van der Waals surface area contributed by atoms with Gasteiger partial charge in [-0.3, -0.25) is 9.69 Å². The minimum absolute atomic E-state index is 0.224.